The highest BCUT2D eigenvalue weighted by Gasteiger charge is 2.47. The minimum atomic E-state index is -0.634. The van der Waals surface area contributed by atoms with Gasteiger partial charge in [-0.25, -0.2) is 0 Å². The Hall–Kier alpha value is -8.56. The van der Waals surface area contributed by atoms with Crippen molar-refractivity contribution >= 4 is 53.2 Å². The van der Waals surface area contributed by atoms with Crippen molar-refractivity contribution in [2.45, 2.75) is 11.3 Å². The lowest BCUT2D eigenvalue weighted by Gasteiger charge is -2.35. The monoisotopic (exact) mass is 921 g/mol. The average molecular weight is 922 g/mol. The molecule has 0 aliphatic heterocycles. The fourth-order valence-electron chi connectivity index (χ4n) is 12.4. The third-order valence-electron chi connectivity index (χ3n) is 15.4. The third-order valence-corrected chi connectivity index (χ3v) is 16.5. The van der Waals surface area contributed by atoms with Crippen molar-refractivity contribution in [2.75, 3.05) is 0 Å². The minimum Gasteiger partial charge on any atom is -0.343 e. The van der Waals surface area contributed by atoms with Crippen LogP contribution in [-0.4, -0.2) is 4.57 Å². The van der Waals surface area contributed by atoms with Crippen LogP contribution in [0.1, 0.15) is 44.9 Å². The molecule has 1 aliphatic rings. The maximum Gasteiger partial charge on any atom is 0.0714 e. The predicted octanol–water partition coefficient (Wildman–Crippen LogP) is 18.2. The van der Waals surface area contributed by atoms with Gasteiger partial charge in [-0.15, -0.1) is 11.3 Å². The van der Waals surface area contributed by atoms with E-state index in [1.165, 1.54) is 125 Å². The normalized spacial score (nSPS) is 13.2. The number of benzene rings is 11. The summed E-state index contributed by atoms with van der Waals surface area (Å²) in [5.41, 5.74) is 19.5. The summed E-state index contributed by atoms with van der Waals surface area (Å²) < 4.78 is 5.02. The Kier molecular flexibility index (Phi) is 9.66. The van der Waals surface area contributed by atoms with Gasteiger partial charge in [-0.1, -0.05) is 231 Å². The molecule has 1 aliphatic carbocycles. The van der Waals surface area contributed by atoms with E-state index < -0.39 is 5.41 Å². The topological polar surface area (TPSA) is 4.93 Å². The average Bonchev–Trinajstić information content (AvgIpc) is 4.07. The highest BCUT2D eigenvalue weighted by atomic mass is 32.1. The lowest BCUT2D eigenvalue weighted by molar-refractivity contribution is 0.766. The molecule has 1 nitrogen and oxygen atoms in total. The first kappa shape index (κ1) is 41.4. The third kappa shape index (κ3) is 6.38. The molecule has 0 amide bonds. The Labute approximate surface area is 418 Å². The number of hydrogen-bond donors (Lipinski definition) is 0. The second kappa shape index (κ2) is 16.6. The van der Waals surface area contributed by atoms with Gasteiger partial charge in [0.15, 0.2) is 0 Å². The van der Waals surface area contributed by atoms with Gasteiger partial charge in [-0.2, -0.15) is 0 Å². The molecular weight excluding hydrogens is 875 g/mol. The molecule has 71 heavy (non-hydrogen) atoms. The van der Waals surface area contributed by atoms with Crippen molar-refractivity contribution < 1.29 is 0 Å². The van der Waals surface area contributed by atoms with Gasteiger partial charge in [0.05, 0.1) is 11.1 Å². The molecule has 11 aromatic carbocycles. The SMILES string of the molecule is Cn1c(-c2ccccc2)c(-c2ccccc2)c2cc(-c3cc4c(c5ccccc35)-c3ccc(C(c5ccccc5)c5ccc6c(c5)sc5ccccc56)cc3C4(c3ccccc3)c3ccccc3)ccc21. The highest BCUT2D eigenvalue weighted by Crippen LogP contribution is 2.60. The van der Waals surface area contributed by atoms with E-state index in [9.17, 15) is 0 Å². The Morgan fingerprint density at radius 3 is 1.62 bits per heavy atom. The summed E-state index contributed by atoms with van der Waals surface area (Å²) >= 11 is 1.89. The van der Waals surface area contributed by atoms with Crippen molar-refractivity contribution in [1.82, 2.24) is 4.57 Å². The van der Waals surface area contributed by atoms with Crippen molar-refractivity contribution in [3.05, 3.63) is 300 Å². The Morgan fingerprint density at radius 1 is 0.352 bits per heavy atom. The Balaban J connectivity index is 1.04. The molecule has 13 aromatic rings. The first-order chi connectivity index (χ1) is 35.1. The van der Waals surface area contributed by atoms with Crippen LogP contribution in [0.15, 0.2) is 261 Å². The number of nitrogens with zero attached hydrogens (tertiary/aromatic N) is 1. The summed E-state index contributed by atoms with van der Waals surface area (Å²) in [6.45, 7) is 0. The van der Waals surface area contributed by atoms with Crippen molar-refractivity contribution in [3.63, 3.8) is 0 Å². The van der Waals surface area contributed by atoms with E-state index in [4.69, 9.17) is 0 Å². The van der Waals surface area contributed by atoms with Crippen LogP contribution in [0.5, 0.6) is 0 Å². The van der Waals surface area contributed by atoms with Crippen LogP contribution in [0.3, 0.4) is 0 Å². The fourth-order valence-corrected chi connectivity index (χ4v) is 13.5. The van der Waals surface area contributed by atoms with Crippen LogP contribution in [-0.2, 0) is 12.5 Å². The van der Waals surface area contributed by atoms with E-state index in [2.05, 4.69) is 272 Å². The number of aryl methyl sites for hydroxylation is 1. The second-order valence-corrected chi connectivity index (χ2v) is 20.2. The molecule has 0 spiro atoms. The number of aromatic nitrogens is 1. The molecule has 334 valence electrons. The van der Waals surface area contributed by atoms with Crippen LogP contribution in [0.2, 0.25) is 0 Å². The quantitative estimate of drug-likeness (QED) is 0.134. The van der Waals surface area contributed by atoms with E-state index in [1.54, 1.807) is 0 Å². The zero-order chi connectivity index (χ0) is 47.0. The standard InChI is InChI=1S/C69H47NS/c1-70-62-40-37-48(41-59(62)66(46-23-9-3-10-24-46)68(70)47-25-11-4-12-26-47)58-44-61-67(56-33-18-17-31-53(56)58)57-39-36-49(42-60(57)69(61,51-27-13-5-14-28-51)52-29-15-6-16-30-52)65(45-21-7-2-8-22-45)50-35-38-55-54-32-19-20-34-63(54)71-64(55)43-50/h2-44,65H,1H3. The second-order valence-electron chi connectivity index (χ2n) is 19.1. The van der Waals surface area contributed by atoms with Gasteiger partial charge in [0.1, 0.15) is 0 Å². The molecule has 2 aromatic heterocycles. The van der Waals surface area contributed by atoms with Gasteiger partial charge in [0.25, 0.3) is 0 Å². The summed E-state index contributed by atoms with van der Waals surface area (Å²) in [7, 11) is 2.21. The lowest BCUT2D eigenvalue weighted by Crippen LogP contribution is -2.29. The maximum atomic E-state index is 2.57. The summed E-state index contributed by atoms with van der Waals surface area (Å²) in [5, 5.41) is 6.39. The molecule has 0 N–H and O–H groups in total. The van der Waals surface area contributed by atoms with Crippen LogP contribution in [0.25, 0.3) is 86.5 Å². The zero-order valence-electron chi connectivity index (χ0n) is 39.3. The maximum absolute atomic E-state index is 2.57. The number of fused-ring (bicyclic) bond motifs is 9. The first-order valence-corrected chi connectivity index (χ1v) is 25.5. The molecule has 2 heterocycles. The van der Waals surface area contributed by atoms with Gasteiger partial charge in [0.2, 0.25) is 0 Å². The summed E-state index contributed by atoms with van der Waals surface area (Å²) in [4.78, 5) is 0. The molecule has 0 saturated heterocycles. The van der Waals surface area contributed by atoms with Crippen LogP contribution in [0.4, 0.5) is 0 Å². The summed E-state index contributed by atoms with van der Waals surface area (Å²) in [5.74, 6) is 0.00793. The van der Waals surface area contributed by atoms with E-state index in [1.807, 2.05) is 11.3 Å². The van der Waals surface area contributed by atoms with E-state index in [0.29, 0.717) is 0 Å². The van der Waals surface area contributed by atoms with E-state index in [-0.39, 0.29) is 5.92 Å². The van der Waals surface area contributed by atoms with Gasteiger partial charge in [0, 0.05) is 49.6 Å². The highest BCUT2D eigenvalue weighted by molar-refractivity contribution is 7.25. The minimum absolute atomic E-state index is 0.00793. The molecule has 0 fully saturated rings. The molecule has 1 atom stereocenters. The van der Waals surface area contributed by atoms with Gasteiger partial charge >= 0.3 is 0 Å². The van der Waals surface area contributed by atoms with Crippen LogP contribution in [0, 0.1) is 0 Å². The fraction of sp³-hybridized carbons (Fsp3) is 0.0435. The number of hydrogen-bond acceptors (Lipinski definition) is 1. The Bertz CT molecular complexity index is 4110. The van der Waals surface area contributed by atoms with Crippen LogP contribution < -0.4 is 0 Å². The molecule has 0 radical (unpaired) electrons. The molecule has 0 bridgehead atoms. The van der Waals surface area contributed by atoms with E-state index in [0.717, 1.165) is 0 Å². The first-order valence-electron chi connectivity index (χ1n) is 24.7. The Morgan fingerprint density at radius 2 is 0.915 bits per heavy atom. The van der Waals surface area contributed by atoms with Gasteiger partial charge in [-0.05, 0) is 113 Å². The zero-order valence-corrected chi connectivity index (χ0v) is 40.1. The number of thiophene rings is 1. The number of rotatable bonds is 8. The largest absolute Gasteiger partial charge is 0.343 e. The molecule has 0 saturated carbocycles. The van der Waals surface area contributed by atoms with Crippen molar-refractivity contribution in [1.29, 1.82) is 0 Å². The van der Waals surface area contributed by atoms with Crippen LogP contribution >= 0.6 is 11.3 Å². The van der Waals surface area contributed by atoms with Gasteiger partial charge < -0.3 is 4.57 Å². The predicted molar refractivity (Wildman–Crippen MR) is 301 cm³/mol. The smallest absolute Gasteiger partial charge is 0.0714 e. The molecule has 1 unspecified atom stereocenters. The summed E-state index contributed by atoms with van der Waals surface area (Å²) in [6.07, 6.45) is 0. The van der Waals surface area contributed by atoms with Gasteiger partial charge in [-0.3, -0.25) is 0 Å². The summed E-state index contributed by atoms with van der Waals surface area (Å²) in [6, 6.07) is 97.8. The van der Waals surface area contributed by atoms with Crippen molar-refractivity contribution in [2.24, 2.45) is 7.05 Å². The molecule has 14 rings (SSSR count). The molecular formula is C69H47NS. The molecule has 2 heteroatoms. The van der Waals surface area contributed by atoms with E-state index >= 15 is 0 Å². The lowest BCUT2D eigenvalue weighted by atomic mass is 9.66. The van der Waals surface area contributed by atoms with Crippen molar-refractivity contribution in [3.8, 4) is 44.6 Å².